The van der Waals surface area contributed by atoms with Crippen LogP contribution >= 0.6 is 22.6 Å². The number of carbonyl (C=O) groups excluding carboxylic acids is 1. The van der Waals surface area contributed by atoms with E-state index in [0.29, 0.717) is 3.57 Å². The van der Waals surface area contributed by atoms with Crippen LogP contribution in [0, 0.1) is 9.39 Å². The lowest BCUT2D eigenvalue weighted by Gasteiger charge is -2.17. The van der Waals surface area contributed by atoms with Gasteiger partial charge in [0.2, 0.25) is 0 Å². The van der Waals surface area contributed by atoms with Crippen LogP contribution < -0.4 is 22.0 Å². The van der Waals surface area contributed by atoms with E-state index in [-0.39, 0.29) is 31.1 Å². The minimum Gasteiger partial charge on any atom is -0.396 e. The number of amides is 1. The Hall–Kier alpha value is -2.29. The highest BCUT2D eigenvalue weighted by molar-refractivity contribution is 14.1. The number of nitrogens with one attached hydrogen (secondary N) is 2. The summed E-state index contributed by atoms with van der Waals surface area (Å²) in [5.41, 5.74) is -0.154. The highest BCUT2D eigenvalue weighted by Gasteiger charge is 2.23. The Morgan fingerprint density at radius 2 is 2.00 bits per heavy atom. The van der Waals surface area contributed by atoms with Crippen molar-refractivity contribution in [1.82, 2.24) is 14.6 Å². The summed E-state index contributed by atoms with van der Waals surface area (Å²) in [7, 11) is 2.51. The van der Waals surface area contributed by atoms with E-state index in [0.717, 1.165) is 9.13 Å². The zero-order valence-electron chi connectivity index (χ0n) is 15.6. The van der Waals surface area contributed by atoms with Crippen molar-refractivity contribution in [3.63, 3.8) is 0 Å². The quantitative estimate of drug-likeness (QED) is 0.283. The molecule has 0 bridgehead atoms. The standard InChI is InChI=1S/C17H20FIN4O6/c1-22-14(20-12-4-3-9(19)7-11(12)18)13(16(27)23(2)17(22)28)15(26)21-29-8-10(25)5-6-24/h3-4,7,10,20,24-25H,5-6,8H2,1-2H3,(H,21,26)/t10-/m1/s1. The molecular weight excluding hydrogens is 502 g/mol. The van der Waals surface area contributed by atoms with Gasteiger partial charge >= 0.3 is 5.69 Å². The van der Waals surface area contributed by atoms with Gasteiger partial charge in [0.25, 0.3) is 11.5 Å². The molecule has 2 aromatic rings. The van der Waals surface area contributed by atoms with Crippen LogP contribution in [0.3, 0.4) is 0 Å². The maximum Gasteiger partial charge on any atom is 0.332 e. The fourth-order valence-corrected chi connectivity index (χ4v) is 2.85. The molecule has 1 heterocycles. The molecule has 158 valence electrons. The van der Waals surface area contributed by atoms with Gasteiger partial charge in [0, 0.05) is 24.3 Å². The van der Waals surface area contributed by atoms with E-state index >= 15 is 0 Å². The van der Waals surface area contributed by atoms with Crippen molar-refractivity contribution in [2.75, 3.05) is 18.5 Å². The van der Waals surface area contributed by atoms with Crippen LogP contribution in [0.4, 0.5) is 15.9 Å². The molecule has 0 radical (unpaired) electrons. The van der Waals surface area contributed by atoms with Gasteiger partial charge < -0.3 is 15.5 Å². The predicted octanol–water partition coefficient (Wildman–Crippen LogP) is -0.0240. The van der Waals surface area contributed by atoms with Crippen LogP contribution in [-0.4, -0.2) is 44.6 Å². The molecule has 0 spiro atoms. The minimum absolute atomic E-state index is 0.0381. The number of hydrogen-bond acceptors (Lipinski definition) is 7. The van der Waals surface area contributed by atoms with Gasteiger partial charge in [-0.1, -0.05) is 0 Å². The lowest BCUT2D eigenvalue weighted by atomic mass is 10.2. The van der Waals surface area contributed by atoms with Crippen molar-refractivity contribution in [2.24, 2.45) is 14.1 Å². The SMILES string of the molecule is Cn1c(Nc2ccc(I)cc2F)c(C(=O)NOC[C@H](O)CCO)c(=O)n(C)c1=O. The number of halogens is 2. The van der Waals surface area contributed by atoms with Gasteiger partial charge in [-0.2, -0.15) is 0 Å². The molecule has 0 unspecified atom stereocenters. The zero-order chi connectivity index (χ0) is 21.7. The van der Waals surface area contributed by atoms with Gasteiger partial charge in [-0.25, -0.2) is 14.7 Å². The summed E-state index contributed by atoms with van der Waals surface area (Å²) in [6.45, 7) is -0.595. The number of aromatic nitrogens is 2. The zero-order valence-corrected chi connectivity index (χ0v) is 17.8. The van der Waals surface area contributed by atoms with Crippen LogP contribution in [0.2, 0.25) is 0 Å². The summed E-state index contributed by atoms with van der Waals surface area (Å²) in [6, 6.07) is 4.26. The molecule has 1 aromatic heterocycles. The molecule has 0 aliphatic rings. The van der Waals surface area contributed by atoms with Gasteiger partial charge in [0.15, 0.2) is 0 Å². The fourth-order valence-electron chi connectivity index (χ4n) is 2.40. The summed E-state index contributed by atoms with van der Waals surface area (Å²) in [5, 5.41) is 20.9. The molecule has 29 heavy (non-hydrogen) atoms. The Kier molecular flexibility index (Phi) is 7.89. The monoisotopic (exact) mass is 522 g/mol. The normalized spacial score (nSPS) is 11.9. The number of nitrogens with zero attached hydrogens (tertiary/aromatic N) is 2. The van der Waals surface area contributed by atoms with Crippen molar-refractivity contribution >= 4 is 40.0 Å². The second-order valence-electron chi connectivity index (χ2n) is 6.09. The van der Waals surface area contributed by atoms with Crippen molar-refractivity contribution in [3.8, 4) is 0 Å². The number of benzene rings is 1. The first-order valence-electron chi connectivity index (χ1n) is 8.40. The molecule has 0 fully saturated rings. The molecule has 1 aromatic carbocycles. The van der Waals surface area contributed by atoms with Gasteiger partial charge in [-0.05, 0) is 47.2 Å². The maximum atomic E-state index is 14.2. The van der Waals surface area contributed by atoms with Gasteiger partial charge in [0.1, 0.15) is 23.8 Å². The predicted molar refractivity (Wildman–Crippen MR) is 110 cm³/mol. The van der Waals surface area contributed by atoms with Crippen molar-refractivity contribution in [3.05, 3.63) is 54.0 Å². The Morgan fingerprint density at radius 1 is 1.31 bits per heavy atom. The molecule has 0 saturated heterocycles. The third-order valence-electron chi connectivity index (χ3n) is 3.98. The summed E-state index contributed by atoms with van der Waals surface area (Å²) in [5.74, 6) is -1.86. The maximum absolute atomic E-state index is 14.2. The van der Waals surface area contributed by atoms with Gasteiger partial charge in [0.05, 0.1) is 11.8 Å². The third-order valence-corrected chi connectivity index (χ3v) is 4.65. The molecule has 4 N–H and O–H groups in total. The van der Waals surface area contributed by atoms with E-state index < -0.39 is 34.6 Å². The first kappa shape index (κ1) is 23.0. The molecule has 0 aliphatic heterocycles. The fraction of sp³-hybridized carbons (Fsp3) is 0.353. The Balaban J connectivity index is 2.41. The van der Waals surface area contributed by atoms with E-state index in [1.54, 1.807) is 6.07 Å². The Morgan fingerprint density at radius 3 is 2.62 bits per heavy atom. The number of hydroxylamine groups is 1. The number of hydrogen-bond donors (Lipinski definition) is 4. The second-order valence-corrected chi connectivity index (χ2v) is 7.33. The summed E-state index contributed by atoms with van der Waals surface area (Å²) < 4.78 is 16.6. The van der Waals surface area contributed by atoms with Crippen molar-refractivity contribution in [2.45, 2.75) is 12.5 Å². The molecule has 1 amide bonds. The Bertz CT molecular complexity index is 1020. The summed E-state index contributed by atoms with van der Waals surface area (Å²) in [6.07, 6.45) is -0.988. The molecule has 0 saturated carbocycles. The number of carbonyl (C=O) groups is 1. The van der Waals surface area contributed by atoms with Gasteiger partial charge in [-0.15, -0.1) is 0 Å². The van der Waals surface area contributed by atoms with Gasteiger partial charge in [-0.3, -0.25) is 23.6 Å². The van der Waals surface area contributed by atoms with Crippen LogP contribution in [-0.2, 0) is 18.9 Å². The van der Waals surface area contributed by atoms with Crippen LogP contribution in [0.5, 0.6) is 0 Å². The van der Waals surface area contributed by atoms with E-state index in [2.05, 4.69) is 5.32 Å². The van der Waals surface area contributed by atoms with E-state index in [1.807, 2.05) is 28.1 Å². The average molecular weight is 522 g/mol. The topological polar surface area (TPSA) is 135 Å². The van der Waals surface area contributed by atoms with Crippen LogP contribution in [0.1, 0.15) is 16.8 Å². The number of anilines is 2. The molecule has 2 rings (SSSR count). The second kappa shape index (κ2) is 9.96. The highest BCUT2D eigenvalue weighted by atomic mass is 127. The minimum atomic E-state index is -1.03. The van der Waals surface area contributed by atoms with E-state index in [1.165, 1.54) is 26.2 Å². The summed E-state index contributed by atoms with van der Waals surface area (Å²) in [4.78, 5) is 42.2. The third kappa shape index (κ3) is 5.41. The lowest BCUT2D eigenvalue weighted by Crippen LogP contribution is -2.43. The lowest BCUT2D eigenvalue weighted by molar-refractivity contribution is -0.0189. The molecule has 10 nitrogen and oxygen atoms in total. The first-order valence-corrected chi connectivity index (χ1v) is 9.48. The number of rotatable bonds is 8. The van der Waals surface area contributed by atoms with Crippen molar-refractivity contribution in [1.29, 1.82) is 0 Å². The largest absolute Gasteiger partial charge is 0.396 e. The van der Waals surface area contributed by atoms with E-state index in [4.69, 9.17) is 9.94 Å². The highest BCUT2D eigenvalue weighted by Crippen LogP contribution is 2.22. The van der Waals surface area contributed by atoms with Crippen molar-refractivity contribution < 1.29 is 24.2 Å². The Labute approximate surface area is 178 Å². The number of aliphatic hydroxyl groups excluding tert-OH is 2. The molecule has 0 aliphatic carbocycles. The summed E-state index contributed by atoms with van der Waals surface area (Å²) >= 11 is 1.93. The smallest absolute Gasteiger partial charge is 0.332 e. The first-order chi connectivity index (χ1) is 13.7. The molecular formula is C17H20FIN4O6. The van der Waals surface area contributed by atoms with Crippen LogP contribution in [0.25, 0.3) is 0 Å². The number of aliphatic hydroxyl groups is 2. The van der Waals surface area contributed by atoms with Crippen LogP contribution in [0.15, 0.2) is 27.8 Å². The van der Waals surface area contributed by atoms with E-state index in [9.17, 15) is 23.9 Å². The molecule has 1 atom stereocenters. The molecule has 12 heteroatoms. The average Bonchev–Trinajstić information content (AvgIpc) is 2.66.